The normalized spacial score (nSPS) is 16.0. The molecule has 0 unspecified atom stereocenters. The number of ether oxygens (including phenoxy) is 1. The van der Waals surface area contributed by atoms with Crippen LogP contribution in [0.25, 0.3) is 5.82 Å². The SMILES string of the molecule is Cc1cc(C(=O)N[C@H]2CCCOc3ccc(F)cc32)c(C)n1-c1ccccn1. The van der Waals surface area contributed by atoms with Gasteiger partial charge in [0, 0.05) is 23.1 Å². The van der Waals surface area contributed by atoms with Crippen LogP contribution in [0.2, 0.25) is 0 Å². The molecule has 0 saturated carbocycles. The van der Waals surface area contributed by atoms with Crippen molar-refractivity contribution >= 4 is 5.91 Å². The van der Waals surface area contributed by atoms with Crippen LogP contribution in [0.1, 0.15) is 46.2 Å². The number of nitrogens with one attached hydrogen (secondary N) is 1. The topological polar surface area (TPSA) is 56.1 Å². The Bertz CT molecular complexity index is 1010. The monoisotopic (exact) mass is 379 g/mol. The third-order valence-electron chi connectivity index (χ3n) is 5.10. The summed E-state index contributed by atoms with van der Waals surface area (Å²) >= 11 is 0. The number of nitrogens with zero attached hydrogens (tertiary/aromatic N) is 2. The summed E-state index contributed by atoms with van der Waals surface area (Å²) in [6.45, 7) is 4.40. The van der Waals surface area contributed by atoms with Gasteiger partial charge in [-0.15, -0.1) is 0 Å². The molecule has 1 N–H and O–H groups in total. The van der Waals surface area contributed by atoms with Crippen LogP contribution in [0.4, 0.5) is 4.39 Å². The molecule has 1 aliphatic rings. The number of aromatic nitrogens is 2. The van der Waals surface area contributed by atoms with E-state index in [4.69, 9.17) is 4.74 Å². The highest BCUT2D eigenvalue weighted by atomic mass is 19.1. The smallest absolute Gasteiger partial charge is 0.253 e. The highest BCUT2D eigenvalue weighted by molar-refractivity contribution is 5.96. The summed E-state index contributed by atoms with van der Waals surface area (Å²) in [5, 5.41) is 3.07. The lowest BCUT2D eigenvalue weighted by Gasteiger charge is -2.18. The van der Waals surface area contributed by atoms with Crippen LogP contribution in [0, 0.1) is 19.7 Å². The van der Waals surface area contributed by atoms with Gasteiger partial charge in [-0.1, -0.05) is 6.07 Å². The van der Waals surface area contributed by atoms with E-state index >= 15 is 0 Å². The van der Waals surface area contributed by atoms with Gasteiger partial charge < -0.3 is 14.6 Å². The maximum Gasteiger partial charge on any atom is 0.253 e. The Hall–Kier alpha value is -3.15. The highest BCUT2D eigenvalue weighted by Gasteiger charge is 2.25. The number of halogens is 1. The second kappa shape index (κ2) is 7.46. The quantitative estimate of drug-likeness (QED) is 0.739. The fourth-order valence-corrected chi connectivity index (χ4v) is 3.77. The average Bonchev–Trinajstić information content (AvgIpc) is 2.86. The van der Waals surface area contributed by atoms with E-state index in [0.29, 0.717) is 29.9 Å². The van der Waals surface area contributed by atoms with Crippen LogP contribution in [0.15, 0.2) is 48.7 Å². The van der Waals surface area contributed by atoms with Crippen molar-refractivity contribution in [1.82, 2.24) is 14.9 Å². The summed E-state index contributed by atoms with van der Waals surface area (Å²) < 4.78 is 21.4. The van der Waals surface area contributed by atoms with Gasteiger partial charge in [-0.05, 0) is 63.1 Å². The minimum atomic E-state index is -0.336. The molecule has 0 saturated heterocycles. The number of amides is 1. The maximum atomic E-state index is 13.8. The molecule has 1 aromatic carbocycles. The molecule has 3 aromatic rings. The first-order valence-corrected chi connectivity index (χ1v) is 9.38. The summed E-state index contributed by atoms with van der Waals surface area (Å²) in [6.07, 6.45) is 3.21. The van der Waals surface area contributed by atoms with Crippen LogP contribution in [0.3, 0.4) is 0 Å². The fourth-order valence-electron chi connectivity index (χ4n) is 3.77. The average molecular weight is 379 g/mol. The zero-order chi connectivity index (χ0) is 19.7. The Morgan fingerprint density at radius 3 is 2.89 bits per heavy atom. The molecule has 5 nitrogen and oxygen atoms in total. The first-order valence-electron chi connectivity index (χ1n) is 9.38. The van der Waals surface area contributed by atoms with Gasteiger partial charge in [0.25, 0.3) is 5.91 Å². The Morgan fingerprint density at radius 2 is 2.11 bits per heavy atom. The standard InChI is InChI=1S/C22H22FN3O2/c1-14-12-17(15(2)26(14)21-7-3-4-10-24-21)22(27)25-19-6-5-11-28-20-9-8-16(23)13-18(19)20/h3-4,7-10,12-13,19H,5-6,11H2,1-2H3,(H,25,27)/t19-/m0/s1. The number of hydrogen-bond donors (Lipinski definition) is 1. The Balaban J connectivity index is 1.64. The molecular weight excluding hydrogens is 357 g/mol. The van der Waals surface area contributed by atoms with Crippen LogP contribution < -0.4 is 10.1 Å². The minimum absolute atomic E-state index is 0.183. The largest absolute Gasteiger partial charge is 0.493 e. The van der Waals surface area contributed by atoms with Gasteiger partial charge in [0.05, 0.1) is 18.2 Å². The third-order valence-corrected chi connectivity index (χ3v) is 5.10. The van der Waals surface area contributed by atoms with Gasteiger partial charge in [0.2, 0.25) is 0 Å². The van der Waals surface area contributed by atoms with Crippen molar-refractivity contribution in [1.29, 1.82) is 0 Å². The van der Waals surface area contributed by atoms with Crippen molar-refractivity contribution in [2.75, 3.05) is 6.61 Å². The number of pyridine rings is 1. The predicted molar refractivity (Wildman–Crippen MR) is 104 cm³/mol. The molecule has 4 rings (SSSR count). The van der Waals surface area contributed by atoms with Crippen LogP contribution >= 0.6 is 0 Å². The second-order valence-electron chi connectivity index (χ2n) is 7.01. The molecule has 6 heteroatoms. The number of benzene rings is 1. The van der Waals surface area contributed by atoms with E-state index in [1.165, 1.54) is 12.1 Å². The number of fused-ring (bicyclic) bond motifs is 1. The van der Waals surface area contributed by atoms with Crippen LogP contribution in [0.5, 0.6) is 5.75 Å². The van der Waals surface area contributed by atoms with Crippen molar-refractivity contribution in [2.45, 2.75) is 32.7 Å². The Kier molecular flexibility index (Phi) is 4.86. The Labute approximate surface area is 163 Å². The number of carbonyl (C=O) groups is 1. The van der Waals surface area contributed by atoms with Crippen molar-refractivity contribution < 1.29 is 13.9 Å². The first kappa shape index (κ1) is 18.2. The van der Waals surface area contributed by atoms with Gasteiger partial charge in [0.1, 0.15) is 17.4 Å². The maximum absolute atomic E-state index is 13.8. The van der Waals surface area contributed by atoms with Crippen molar-refractivity contribution in [3.63, 3.8) is 0 Å². The fraction of sp³-hybridized carbons (Fsp3) is 0.273. The predicted octanol–water partition coefficient (Wildman–Crippen LogP) is 4.27. The van der Waals surface area contributed by atoms with E-state index in [-0.39, 0.29) is 17.8 Å². The lowest BCUT2D eigenvalue weighted by Crippen LogP contribution is -2.28. The molecule has 0 bridgehead atoms. The zero-order valence-corrected chi connectivity index (χ0v) is 15.9. The molecule has 1 aliphatic heterocycles. The van der Waals surface area contributed by atoms with E-state index in [2.05, 4.69) is 10.3 Å². The van der Waals surface area contributed by atoms with Gasteiger partial charge in [-0.3, -0.25) is 4.79 Å². The molecule has 1 atom stereocenters. The summed E-state index contributed by atoms with van der Waals surface area (Å²) in [6, 6.07) is 11.7. The summed E-state index contributed by atoms with van der Waals surface area (Å²) in [5.74, 6) is 0.879. The van der Waals surface area contributed by atoms with E-state index in [1.54, 1.807) is 12.3 Å². The number of aryl methyl sites for hydroxylation is 1. The van der Waals surface area contributed by atoms with Gasteiger partial charge >= 0.3 is 0 Å². The van der Waals surface area contributed by atoms with Crippen LogP contribution in [-0.4, -0.2) is 22.1 Å². The molecule has 28 heavy (non-hydrogen) atoms. The van der Waals surface area contributed by atoms with Crippen molar-refractivity contribution in [3.8, 4) is 11.6 Å². The zero-order valence-electron chi connectivity index (χ0n) is 15.9. The number of rotatable bonds is 3. The first-order chi connectivity index (χ1) is 13.5. The lowest BCUT2D eigenvalue weighted by atomic mass is 10.0. The van der Waals surface area contributed by atoms with E-state index < -0.39 is 0 Å². The molecule has 3 heterocycles. The van der Waals surface area contributed by atoms with E-state index in [0.717, 1.165) is 23.6 Å². The summed E-state index contributed by atoms with van der Waals surface area (Å²) in [7, 11) is 0. The van der Waals surface area contributed by atoms with Crippen molar-refractivity contribution in [3.05, 3.63) is 77.0 Å². The van der Waals surface area contributed by atoms with Crippen LogP contribution in [-0.2, 0) is 0 Å². The number of hydrogen-bond acceptors (Lipinski definition) is 3. The summed E-state index contributed by atoms with van der Waals surface area (Å²) in [4.78, 5) is 17.4. The van der Waals surface area contributed by atoms with Gasteiger partial charge in [-0.25, -0.2) is 9.37 Å². The summed E-state index contributed by atoms with van der Waals surface area (Å²) in [5.41, 5.74) is 3.02. The minimum Gasteiger partial charge on any atom is -0.493 e. The molecule has 144 valence electrons. The molecule has 0 spiro atoms. The number of carbonyl (C=O) groups excluding carboxylic acids is 1. The highest BCUT2D eigenvalue weighted by Crippen LogP contribution is 2.32. The molecular formula is C22H22FN3O2. The molecule has 0 fully saturated rings. The molecule has 1 amide bonds. The molecule has 0 radical (unpaired) electrons. The molecule has 0 aliphatic carbocycles. The van der Waals surface area contributed by atoms with E-state index in [9.17, 15) is 9.18 Å². The lowest BCUT2D eigenvalue weighted by molar-refractivity contribution is 0.0934. The Morgan fingerprint density at radius 1 is 1.25 bits per heavy atom. The van der Waals surface area contributed by atoms with Gasteiger partial charge in [0.15, 0.2) is 0 Å². The second-order valence-corrected chi connectivity index (χ2v) is 7.01. The van der Waals surface area contributed by atoms with Crippen molar-refractivity contribution in [2.24, 2.45) is 0 Å². The van der Waals surface area contributed by atoms with E-state index in [1.807, 2.05) is 42.7 Å². The van der Waals surface area contributed by atoms with Gasteiger partial charge in [-0.2, -0.15) is 0 Å². The molecule has 2 aromatic heterocycles. The third kappa shape index (κ3) is 3.38.